The maximum Gasteiger partial charge on any atom is 0.186 e. The molecule has 5 nitrogen and oxygen atoms in total. The Kier molecular flexibility index (Phi) is 4.48. The van der Waals surface area contributed by atoms with Gasteiger partial charge in [-0.1, -0.05) is 0 Å². The molecule has 1 N–H and O–H groups in total. The van der Waals surface area contributed by atoms with Crippen LogP contribution in [0.25, 0.3) is 0 Å². The van der Waals surface area contributed by atoms with E-state index in [-0.39, 0.29) is 12.2 Å². The van der Waals surface area contributed by atoms with Gasteiger partial charge in [-0.2, -0.15) is 0 Å². The summed E-state index contributed by atoms with van der Waals surface area (Å²) >= 11 is 0. The van der Waals surface area contributed by atoms with Crippen LogP contribution in [0.5, 0.6) is 0 Å². The average Bonchev–Trinajstić information content (AvgIpc) is 2.23. The van der Waals surface area contributed by atoms with Crippen LogP contribution < -0.4 is 0 Å². The van der Waals surface area contributed by atoms with Crippen molar-refractivity contribution in [3.63, 3.8) is 0 Å². The molecule has 0 radical (unpaired) electrons. The second kappa shape index (κ2) is 5.23. The van der Waals surface area contributed by atoms with Gasteiger partial charge in [-0.25, -0.2) is 0 Å². The summed E-state index contributed by atoms with van der Waals surface area (Å²) in [6.07, 6.45) is -0.711. The predicted octanol–water partition coefficient (Wildman–Crippen LogP) is 0.160. The van der Waals surface area contributed by atoms with E-state index in [9.17, 15) is 5.11 Å². The summed E-state index contributed by atoms with van der Waals surface area (Å²) in [4.78, 5) is 0. The molecule has 0 bridgehead atoms. The lowest BCUT2D eigenvalue weighted by Crippen LogP contribution is -2.59. The first-order chi connectivity index (χ1) is 7.08. The van der Waals surface area contributed by atoms with Crippen molar-refractivity contribution in [1.29, 1.82) is 0 Å². The Balaban J connectivity index is 2.70. The van der Waals surface area contributed by atoms with Gasteiger partial charge in [0.05, 0.1) is 18.8 Å². The van der Waals surface area contributed by atoms with Crippen molar-refractivity contribution in [1.82, 2.24) is 0 Å². The predicted molar refractivity (Wildman–Crippen MR) is 53.6 cm³/mol. The molecule has 90 valence electrons. The smallest absolute Gasteiger partial charge is 0.186 e. The molecule has 1 rings (SSSR count). The molecule has 4 unspecified atom stereocenters. The highest BCUT2D eigenvalue weighted by Crippen LogP contribution is 2.32. The zero-order valence-electron chi connectivity index (χ0n) is 9.73. The zero-order valence-corrected chi connectivity index (χ0v) is 9.73. The van der Waals surface area contributed by atoms with Crippen LogP contribution in [-0.2, 0) is 18.9 Å². The highest BCUT2D eigenvalue weighted by molar-refractivity contribution is 4.93. The molecule has 5 heteroatoms. The van der Waals surface area contributed by atoms with E-state index in [1.807, 2.05) is 0 Å². The maximum atomic E-state index is 9.84. The van der Waals surface area contributed by atoms with Crippen LogP contribution in [0.1, 0.15) is 13.3 Å². The molecule has 0 aromatic rings. The van der Waals surface area contributed by atoms with E-state index in [2.05, 4.69) is 0 Å². The van der Waals surface area contributed by atoms with E-state index < -0.39 is 11.9 Å². The molecule has 1 saturated heterocycles. The molecule has 1 aliphatic rings. The number of methoxy groups -OCH3 is 3. The van der Waals surface area contributed by atoms with Crippen molar-refractivity contribution in [2.24, 2.45) is 0 Å². The Hall–Kier alpha value is -0.200. The number of aliphatic hydroxyl groups excluding tert-OH is 1. The van der Waals surface area contributed by atoms with Gasteiger partial charge in [-0.3, -0.25) is 0 Å². The number of aliphatic hydroxyl groups is 1. The van der Waals surface area contributed by atoms with Gasteiger partial charge in [0.15, 0.2) is 6.29 Å². The van der Waals surface area contributed by atoms with Gasteiger partial charge >= 0.3 is 0 Å². The molecular weight excluding hydrogens is 200 g/mol. The van der Waals surface area contributed by atoms with E-state index in [4.69, 9.17) is 18.9 Å². The third-order valence-corrected chi connectivity index (χ3v) is 3.00. The summed E-state index contributed by atoms with van der Waals surface area (Å²) in [5.74, 6) is 0. The van der Waals surface area contributed by atoms with Gasteiger partial charge in [0, 0.05) is 27.8 Å². The fourth-order valence-electron chi connectivity index (χ4n) is 1.86. The van der Waals surface area contributed by atoms with Crippen molar-refractivity contribution < 1.29 is 24.1 Å². The van der Waals surface area contributed by atoms with E-state index >= 15 is 0 Å². The largest absolute Gasteiger partial charge is 0.382 e. The Labute approximate surface area is 90.3 Å². The number of hydrogen-bond donors (Lipinski definition) is 1. The standard InChI is InChI=1S/C10H20O5/c1-10(14-4)8(13-3)5-7(6-12-2)15-9(10)11/h7-9,11H,5-6H2,1-4H3. The van der Waals surface area contributed by atoms with E-state index in [0.29, 0.717) is 13.0 Å². The van der Waals surface area contributed by atoms with Crippen LogP contribution in [0, 0.1) is 0 Å². The normalized spacial score (nSPS) is 41.8. The quantitative estimate of drug-likeness (QED) is 0.731. The van der Waals surface area contributed by atoms with Crippen LogP contribution in [0.2, 0.25) is 0 Å². The second-order valence-corrected chi connectivity index (χ2v) is 3.91. The number of ether oxygens (including phenoxy) is 4. The minimum atomic E-state index is -0.999. The first-order valence-corrected chi connectivity index (χ1v) is 4.98. The number of rotatable bonds is 4. The molecule has 1 fully saturated rings. The van der Waals surface area contributed by atoms with E-state index in [1.54, 1.807) is 21.1 Å². The monoisotopic (exact) mass is 220 g/mol. The summed E-state index contributed by atoms with van der Waals surface area (Å²) in [5.41, 5.74) is -0.820. The van der Waals surface area contributed by atoms with Gasteiger partial charge < -0.3 is 24.1 Å². The molecule has 1 aliphatic heterocycles. The third-order valence-electron chi connectivity index (χ3n) is 3.00. The first kappa shape index (κ1) is 12.9. The lowest BCUT2D eigenvalue weighted by Gasteiger charge is -2.45. The van der Waals surface area contributed by atoms with Gasteiger partial charge in [-0.15, -0.1) is 0 Å². The van der Waals surface area contributed by atoms with Gasteiger partial charge in [0.1, 0.15) is 5.60 Å². The summed E-state index contributed by atoms with van der Waals surface area (Å²) in [6, 6.07) is 0. The molecule has 0 saturated carbocycles. The van der Waals surface area contributed by atoms with Gasteiger partial charge in [-0.05, 0) is 6.92 Å². The summed E-state index contributed by atoms with van der Waals surface area (Å²) in [6.45, 7) is 2.21. The molecule has 0 aromatic carbocycles. The molecule has 0 aromatic heterocycles. The van der Waals surface area contributed by atoms with E-state index in [0.717, 1.165) is 0 Å². The van der Waals surface area contributed by atoms with Crippen molar-refractivity contribution in [3.8, 4) is 0 Å². The van der Waals surface area contributed by atoms with Crippen LogP contribution in [0.4, 0.5) is 0 Å². The fourth-order valence-corrected chi connectivity index (χ4v) is 1.86. The van der Waals surface area contributed by atoms with Crippen LogP contribution in [-0.4, -0.2) is 57.1 Å². The van der Waals surface area contributed by atoms with E-state index in [1.165, 1.54) is 7.11 Å². The lowest BCUT2D eigenvalue weighted by molar-refractivity contribution is -0.305. The Morgan fingerprint density at radius 2 is 2.07 bits per heavy atom. The Bertz CT molecular complexity index is 198. The lowest BCUT2D eigenvalue weighted by atomic mass is 9.90. The highest BCUT2D eigenvalue weighted by Gasteiger charge is 2.48. The summed E-state index contributed by atoms with van der Waals surface area (Å²) in [7, 11) is 4.74. The first-order valence-electron chi connectivity index (χ1n) is 4.98. The minimum Gasteiger partial charge on any atom is -0.382 e. The maximum absolute atomic E-state index is 9.84. The summed E-state index contributed by atoms with van der Waals surface area (Å²) < 4.78 is 21.0. The molecule has 1 heterocycles. The number of hydrogen-bond acceptors (Lipinski definition) is 5. The topological polar surface area (TPSA) is 57.2 Å². The van der Waals surface area contributed by atoms with Crippen LogP contribution in [0.15, 0.2) is 0 Å². The van der Waals surface area contributed by atoms with Crippen molar-refractivity contribution in [2.45, 2.75) is 37.4 Å². The Morgan fingerprint density at radius 3 is 2.53 bits per heavy atom. The molecule has 0 spiro atoms. The van der Waals surface area contributed by atoms with Gasteiger partial charge in [0.2, 0.25) is 0 Å². The zero-order chi connectivity index (χ0) is 11.5. The van der Waals surface area contributed by atoms with Crippen molar-refractivity contribution in [2.75, 3.05) is 27.9 Å². The summed E-state index contributed by atoms with van der Waals surface area (Å²) in [5, 5.41) is 9.84. The van der Waals surface area contributed by atoms with Crippen LogP contribution in [0.3, 0.4) is 0 Å². The molecule has 0 aliphatic carbocycles. The SMILES string of the molecule is COCC1CC(OC)C(C)(OC)C(O)O1. The molecule has 15 heavy (non-hydrogen) atoms. The van der Waals surface area contributed by atoms with Gasteiger partial charge in [0.25, 0.3) is 0 Å². The van der Waals surface area contributed by atoms with Crippen molar-refractivity contribution >= 4 is 0 Å². The highest BCUT2D eigenvalue weighted by atomic mass is 16.7. The van der Waals surface area contributed by atoms with Crippen molar-refractivity contribution in [3.05, 3.63) is 0 Å². The molecular formula is C10H20O5. The Morgan fingerprint density at radius 1 is 1.40 bits per heavy atom. The molecule has 4 atom stereocenters. The minimum absolute atomic E-state index is 0.154. The van der Waals surface area contributed by atoms with Crippen LogP contribution >= 0.6 is 0 Å². The fraction of sp³-hybridized carbons (Fsp3) is 1.00. The third kappa shape index (κ3) is 2.49. The average molecular weight is 220 g/mol. The molecule has 0 amide bonds. The second-order valence-electron chi connectivity index (χ2n) is 3.91.